The molecule has 228 valence electrons. The van der Waals surface area contributed by atoms with Gasteiger partial charge < -0.3 is 40.5 Å². The molecule has 1 aliphatic heterocycles. The van der Waals surface area contributed by atoms with Crippen LogP contribution in [0.2, 0.25) is 0 Å². The molecule has 0 bridgehead atoms. The Bertz CT molecular complexity index is 1150. The van der Waals surface area contributed by atoms with Gasteiger partial charge >= 0.3 is 0 Å². The van der Waals surface area contributed by atoms with Crippen LogP contribution in [-0.4, -0.2) is 123 Å². The van der Waals surface area contributed by atoms with Gasteiger partial charge in [0, 0.05) is 13.1 Å². The van der Waals surface area contributed by atoms with E-state index < -0.39 is 60.6 Å². The zero-order valence-corrected chi connectivity index (χ0v) is 23.8. The molecule has 0 aromatic carbocycles. The van der Waals surface area contributed by atoms with E-state index in [1.807, 2.05) is 13.8 Å². The molecule has 3 heterocycles. The molecule has 4 rings (SSSR count). The van der Waals surface area contributed by atoms with E-state index in [0.29, 0.717) is 32.4 Å². The molecular weight excluding hydrogens is 560 g/mol. The van der Waals surface area contributed by atoms with Crippen molar-refractivity contribution in [3.05, 3.63) is 23.8 Å². The molecule has 2 amide bonds. The van der Waals surface area contributed by atoms with E-state index in [1.165, 1.54) is 21.2 Å². The van der Waals surface area contributed by atoms with Crippen molar-refractivity contribution in [1.82, 2.24) is 40.0 Å². The Morgan fingerprint density at radius 2 is 1.68 bits per heavy atom. The van der Waals surface area contributed by atoms with Crippen molar-refractivity contribution in [3.8, 4) is 0 Å². The van der Waals surface area contributed by atoms with Gasteiger partial charge in [-0.2, -0.15) is 4.09 Å². The van der Waals surface area contributed by atoms with Crippen LogP contribution in [0.25, 0.3) is 0 Å². The average Bonchev–Trinajstić information content (AvgIpc) is 3.65. The molecule has 0 radical (unpaired) electrons. The SMILES string of the molecule is CCCNC(=O)c1cn(S[C@H]2[C@@H](O)[C@@H](CO)O[C@@H](O)[C@@H]2O[C@@H]2CCC[C@H](n3cc(C(=O)NCCC)nn3)[C@H]2O)nn1. The molecule has 17 heteroatoms. The van der Waals surface area contributed by atoms with Gasteiger partial charge in [-0.05, 0) is 44.1 Å². The normalized spacial score (nSPS) is 30.2. The monoisotopic (exact) mass is 598 g/mol. The van der Waals surface area contributed by atoms with Crippen LogP contribution in [0.4, 0.5) is 0 Å². The lowest BCUT2D eigenvalue weighted by Gasteiger charge is -2.44. The Kier molecular flexibility index (Phi) is 11.0. The van der Waals surface area contributed by atoms with Crippen molar-refractivity contribution in [3.63, 3.8) is 0 Å². The fourth-order valence-electron chi connectivity index (χ4n) is 4.81. The number of hydrogen-bond acceptors (Lipinski definition) is 13. The molecule has 0 spiro atoms. The van der Waals surface area contributed by atoms with Crippen LogP contribution in [-0.2, 0) is 9.47 Å². The average molecular weight is 599 g/mol. The molecule has 8 atom stereocenters. The lowest BCUT2D eigenvalue weighted by Crippen LogP contribution is -2.60. The predicted octanol–water partition coefficient (Wildman–Crippen LogP) is -1.38. The highest BCUT2D eigenvalue weighted by Gasteiger charge is 2.49. The van der Waals surface area contributed by atoms with Gasteiger partial charge in [-0.15, -0.1) is 10.2 Å². The maximum Gasteiger partial charge on any atom is 0.273 e. The molecule has 2 aliphatic rings. The molecule has 2 fully saturated rings. The first-order valence-electron chi connectivity index (χ1n) is 13.8. The van der Waals surface area contributed by atoms with Crippen LogP contribution in [0.5, 0.6) is 0 Å². The Hall–Kier alpha value is -2.67. The van der Waals surface area contributed by atoms with Gasteiger partial charge in [-0.1, -0.05) is 24.3 Å². The number of aromatic nitrogens is 6. The third-order valence-corrected chi connectivity index (χ3v) is 8.19. The number of amides is 2. The number of carbonyl (C=O) groups is 2. The van der Waals surface area contributed by atoms with Gasteiger partial charge in [0.1, 0.15) is 18.3 Å². The molecule has 6 N–H and O–H groups in total. The Balaban J connectivity index is 1.48. The van der Waals surface area contributed by atoms with Crippen LogP contribution in [0.3, 0.4) is 0 Å². The number of nitrogens with zero attached hydrogens (tertiary/aromatic N) is 6. The third kappa shape index (κ3) is 7.40. The van der Waals surface area contributed by atoms with E-state index in [0.717, 1.165) is 24.8 Å². The number of carbonyl (C=O) groups excluding carboxylic acids is 2. The lowest BCUT2D eigenvalue weighted by atomic mass is 9.89. The summed E-state index contributed by atoms with van der Waals surface area (Å²) in [5, 5.41) is 63.1. The van der Waals surface area contributed by atoms with Crippen LogP contribution in [0, 0.1) is 0 Å². The highest BCUT2D eigenvalue weighted by atomic mass is 32.2. The van der Waals surface area contributed by atoms with Crippen LogP contribution in [0.1, 0.15) is 73.0 Å². The summed E-state index contributed by atoms with van der Waals surface area (Å²) in [7, 11) is 0. The Morgan fingerprint density at radius 3 is 2.34 bits per heavy atom. The second kappa shape index (κ2) is 14.5. The number of aliphatic hydroxyl groups excluding tert-OH is 4. The maximum atomic E-state index is 12.3. The molecule has 16 nitrogen and oxygen atoms in total. The third-order valence-electron chi connectivity index (χ3n) is 7.00. The smallest absolute Gasteiger partial charge is 0.273 e. The molecular formula is C24H38N8O8S. The van der Waals surface area contributed by atoms with Crippen LogP contribution >= 0.6 is 11.9 Å². The molecule has 41 heavy (non-hydrogen) atoms. The first kappa shape index (κ1) is 31.3. The van der Waals surface area contributed by atoms with Crippen molar-refractivity contribution >= 4 is 23.8 Å². The molecule has 1 aliphatic carbocycles. The van der Waals surface area contributed by atoms with E-state index in [2.05, 4.69) is 31.3 Å². The highest BCUT2D eigenvalue weighted by Crippen LogP contribution is 2.36. The topological polar surface area (TPSA) is 219 Å². The van der Waals surface area contributed by atoms with Gasteiger partial charge in [0.2, 0.25) is 0 Å². The summed E-state index contributed by atoms with van der Waals surface area (Å²) in [5.41, 5.74) is 0.209. The predicted molar refractivity (Wildman–Crippen MR) is 144 cm³/mol. The van der Waals surface area contributed by atoms with Crippen LogP contribution in [0.15, 0.2) is 12.4 Å². The number of aliphatic hydroxyl groups is 4. The van der Waals surface area contributed by atoms with Gasteiger partial charge in [0.25, 0.3) is 11.8 Å². The quantitative estimate of drug-likeness (QED) is 0.166. The van der Waals surface area contributed by atoms with E-state index in [1.54, 1.807) is 0 Å². The summed E-state index contributed by atoms with van der Waals surface area (Å²) in [6, 6.07) is -0.545. The van der Waals surface area contributed by atoms with Crippen LogP contribution < -0.4 is 10.6 Å². The Morgan fingerprint density at radius 1 is 1.02 bits per heavy atom. The minimum absolute atomic E-state index is 0.0744. The number of rotatable bonds is 12. The number of nitrogens with one attached hydrogen (secondary N) is 2. The molecule has 0 unspecified atom stereocenters. The fourth-order valence-corrected chi connectivity index (χ4v) is 5.92. The lowest BCUT2D eigenvalue weighted by molar-refractivity contribution is -0.274. The minimum Gasteiger partial charge on any atom is -0.394 e. The molecule has 2 aromatic heterocycles. The van der Waals surface area contributed by atoms with Crippen molar-refractivity contribution in [2.75, 3.05) is 19.7 Å². The summed E-state index contributed by atoms with van der Waals surface area (Å²) in [6.07, 6.45) is -0.918. The number of hydrogen-bond donors (Lipinski definition) is 6. The van der Waals surface area contributed by atoms with Crippen molar-refractivity contribution in [1.29, 1.82) is 0 Å². The van der Waals surface area contributed by atoms with E-state index >= 15 is 0 Å². The standard InChI is InChI=1S/C24H38N8O8S/c1-3-8-25-22(36)13-10-31(29-27-13)15-6-5-7-16(18(15)34)39-20-21(19(35)17(12-33)40-24(20)38)41-32-11-14(28-30-32)23(37)26-9-4-2/h10-11,15-21,24,33-35,38H,3-9,12H2,1-2H3,(H,25,36)(H,26,37)/t15-,16+,17+,18+,19-,20+,21-,24+/m0/s1. The van der Waals surface area contributed by atoms with Gasteiger partial charge in [-0.3, -0.25) is 9.59 Å². The summed E-state index contributed by atoms with van der Waals surface area (Å²) in [6.45, 7) is 4.28. The minimum atomic E-state index is -1.54. The first-order chi connectivity index (χ1) is 19.8. The van der Waals surface area contributed by atoms with Gasteiger partial charge in [0.05, 0.1) is 42.5 Å². The number of ether oxygens (including phenoxy) is 2. The first-order valence-corrected chi connectivity index (χ1v) is 14.6. The molecule has 1 saturated carbocycles. The maximum absolute atomic E-state index is 12.3. The highest BCUT2D eigenvalue weighted by molar-refractivity contribution is 7.98. The van der Waals surface area contributed by atoms with E-state index in [9.17, 15) is 30.0 Å². The zero-order chi connectivity index (χ0) is 29.5. The Labute approximate surface area is 240 Å². The molecule has 2 aromatic rings. The second-order valence-electron chi connectivity index (χ2n) is 10.0. The second-order valence-corrected chi connectivity index (χ2v) is 11.2. The molecule has 1 saturated heterocycles. The summed E-state index contributed by atoms with van der Waals surface area (Å²) in [4.78, 5) is 24.5. The van der Waals surface area contributed by atoms with Crippen molar-refractivity contribution in [2.24, 2.45) is 0 Å². The van der Waals surface area contributed by atoms with Crippen molar-refractivity contribution in [2.45, 2.75) is 94.1 Å². The summed E-state index contributed by atoms with van der Waals surface area (Å²) >= 11 is 0.949. The van der Waals surface area contributed by atoms with E-state index in [-0.39, 0.29) is 17.3 Å². The largest absolute Gasteiger partial charge is 0.394 e. The summed E-state index contributed by atoms with van der Waals surface area (Å²) < 4.78 is 14.3. The zero-order valence-electron chi connectivity index (χ0n) is 22.9. The van der Waals surface area contributed by atoms with E-state index in [4.69, 9.17) is 9.47 Å². The van der Waals surface area contributed by atoms with Gasteiger partial charge in [-0.25, -0.2) is 4.68 Å². The summed E-state index contributed by atoms with van der Waals surface area (Å²) in [5.74, 6) is -0.757. The van der Waals surface area contributed by atoms with Crippen molar-refractivity contribution < 1.29 is 39.5 Å². The van der Waals surface area contributed by atoms with Gasteiger partial charge in [0.15, 0.2) is 17.7 Å². The fraction of sp³-hybridized carbons (Fsp3) is 0.750.